The lowest BCUT2D eigenvalue weighted by molar-refractivity contribution is 0.399. The monoisotopic (exact) mass is 223 g/mol. The van der Waals surface area contributed by atoms with Crippen LogP contribution in [-0.2, 0) is 6.42 Å². The molecule has 4 N–H and O–H groups in total. The Balaban J connectivity index is 2.79. The summed E-state index contributed by atoms with van der Waals surface area (Å²) in [6.07, 6.45) is 0.707. The van der Waals surface area contributed by atoms with Crippen LogP contribution in [0.1, 0.15) is 5.56 Å². The third-order valence-corrected chi connectivity index (χ3v) is 2.16. The molecule has 0 saturated carbocycles. The lowest BCUT2D eigenvalue weighted by atomic mass is 10.1. The van der Waals surface area contributed by atoms with Gasteiger partial charge >= 0.3 is 0 Å². The van der Waals surface area contributed by atoms with Crippen molar-refractivity contribution < 1.29 is 9.47 Å². The maximum atomic E-state index is 5.26. The van der Waals surface area contributed by atoms with Gasteiger partial charge in [0.15, 0.2) is 5.96 Å². The van der Waals surface area contributed by atoms with Crippen molar-refractivity contribution in [3.05, 3.63) is 23.8 Å². The fraction of sp³-hybridized carbons (Fsp3) is 0.364. The normalized spacial score (nSPS) is 9.62. The molecule has 88 valence electrons. The van der Waals surface area contributed by atoms with Crippen LogP contribution < -0.4 is 20.9 Å². The summed E-state index contributed by atoms with van der Waals surface area (Å²) in [5.41, 5.74) is 11.5. The van der Waals surface area contributed by atoms with Gasteiger partial charge < -0.3 is 20.9 Å². The van der Waals surface area contributed by atoms with E-state index < -0.39 is 0 Å². The first-order valence-electron chi connectivity index (χ1n) is 4.93. The maximum Gasteiger partial charge on any atom is 0.185 e. The third kappa shape index (κ3) is 3.34. The second-order valence-electron chi connectivity index (χ2n) is 3.23. The molecule has 1 aromatic carbocycles. The van der Waals surface area contributed by atoms with E-state index in [1.54, 1.807) is 14.2 Å². The average molecular weight is 223 g/mol. The number of guanidine groups is 1. The highest BCUT2D eigenvalue weighted by Gasteiger charge is 2.04. The Morgan fingerprint density at radius 1 is 1.25 bits per heavy atom. The minimum atomic E-state index is 0.0989. The Kier molecular flexibility index (Phi) is 4.44. The van der Waals surface area contributed by atoms with Gasteiger partial charge in [-0.05, 0) is 30.2 Å². The molecule has 0 unspecified atom stereocenters. The van der Waals surface area contributed by atoms with E-state index in [1.165, 1.54) is 0 Å². The first kappa shape index (κ1) is 12.2. The van der Waals surface area contributed by atoms with E-state index in [0.29, 0.717) is 13.0 Å². The smallest absolute Gasteiger partial charge is 0.185 e. The number of hydrogen-bond acceptors (Lipinski definition) is 3. The summed E-state index contributed by atoms with van der Waals surface area (Å²) < 4.78 is 10.4. The van der Waals surface area contributed by atoms with Crippen molar-refractivity contribution in [3.8, 4) is 11.5 Å². The molecule has 1 rings (SSSR count). The molecule has 0 aliphatic heterocycles. The average Bonchev–Trinajstić information content (AvgIpc) is 2.28. The van der Waals surface area contributed by atoms with E-state index in [1.807, 2.05) is 18.2 Å². The molecule has 0 aliphatic carbocycles. The molecule has 5 nitrogen and oxygen atoms in total. The Bertz CT molecular complexity index is 373. The molecule has 0 atom stereocenters. The highest BCUT2D eigenvalue weighted by Crippen LogP contribution is 2.24. The molecule has 0 bridgehead atoms. The van der Waals surface area contributed by atoms with Crippen molar-refractivity contribution in [1.29, 1.82) is 0 Å². The van der Waals surface area contributed by atoms with Crippen LogP contribution >= 0.6 is 0 Å². The summed E-state index contributed by atoms with van der Waals surface area (Å²) in [7, 11) is 3.26. The number of methoxy groups -OCH3 is 2. The molecule has 1 aromatic rings. The van der Waals surface area contributed by atoms with Gasteiger partial charge in [0.1, 0.15) is 11.5 Å². The number of aliphatic imine (C=N–C) groups is 1. The molecule has 0 radical (unpaired) electrons. The van der Waals surface area contributed by atoms with E-state index >= 15 is 0 Å². The van der Waals surface area contributed by atoms with E-state index in [4.69, 9.17) is 20.9 Å². The van der Waals surface area contributed by atoms with Crippen LogP contribution in [0.15, 0.2) is 23.2 Å². The Hall–Kier alpha value is -1.91. The molecule has 0 heterocycles. The molecule has 0 aromatic heterocycles. The first-order chi connectivity index (χ1) is 7.67. The van der Waals surface area contributed by atoms with Gasteiger partial charge in [0, 0.05) is 6.54 Å². The number of hydrogen-bond donors (Lipinski definition) is 2. The Morgan fingerprint density at radius 2 is 2.00 bits per heavy atom. The highest BCUT2D eigenvalue weighted by atomic mass is 16.5. The molecule has 0 amide bonds. The zero-order valence-corrected chi connectivity index (χ0v) is 9.56. The van der Waals surface area contributed by atoms with Crippen molar-refractivity contribution in [2.75, 3.05) is 20.8 Å². The van der Waals surface area contributed by atoms with Gasteiger partial charge in [0.2, 0.25) is 0 Å². The van der Waals surface area contributed by atoms with Crippen LogP contribution in [0.4, 0.5) is 0 Å². The number of nitrogens with zero attached hydrogens (tertiary/aromatic N) is 1. The molecule has 0 spiro atoms. The summed E-state index contributed by atoms with van der Waals surface area (Å²) in [6, 6.07) is 5.63. The van der Waals surface area contributed by atoms with E-state index in [-0.39, 0.29) is 5.96 Å². The summed E-state index contributed by atoms with van der Waals surface area (Å²) in [5, 5.41) is 0. The van der Waals surface area contributed by atoms with Crippen molar-refractivity contribution in [2.24, 2.45) is 16.5 Å². The first-order valence-corrected chi connectivity index (χ1v) is 4.93. The van der Waals surface area contributed by atoms with Gasteiger partial charge in [-0.2, -0.15) is 0 Å². The molecule has 0 saturated heterocycles. The number of rotatable bonds is 5. The standard InChI is InChI=1S/C11H17N3O2/c1-15-9-3-4-10(16-2)8(7-9)5-6-14-11(12)13/h3-4,7H,5-6H2,1-2H3,(H4,12,13,14). The molecule has 16 heavy (non-hydrogen) atoms. The zero-order chi connectivity index (χ0) is 12.0. The van der Waals surface area contributed by atoms with Gasteiger partial charge in [-0.1, -0.05) is 0 Å². The van der Waals surface area contributed by atoms with Gasteiger partial charge in [-0.3, -0.25) is 4.99 Å². The summed E-state index contributed by atoms with van der Waals surface area (Å²) in [6.45, 7) is 0.534. The van der Waals surface area contributed by atoms with Crippen LogP contribution in [0.5, 0.6) is 11.5 Å². The van der Waals surface area contributed by atoms with Crippen LogP contribution in [0.25, 0.3) is 0 Å². The van der Waals surface area contributed by atoms with Gasteiger partial charge in [0.25, 0.3) is 0 Å². The number of nitrogens with two attached hydrogens (primary N) is 2. The van der Waals surface area contributed by atoms with Crippen molar-refractivity contribution >= 4 is 5.96 Å². The van der Waals surface area contributed by atoms with Gasteiger partial charge in [-0.15, -0.1) is 0 Å². The van der Waals surface area contributed by atoms with Gasteiger partial charge in [0.05, 0.1) is 14.2 Å². The van der Waals surface area contributed by atoms with E-state index in [2.05, 4.69) is 4.99 Å². The van der Waals surface area contributed by atoms with Crippen molar-refractivity contribution in [1.82, 2.24) is 0 Å². The molecular weight excluding hydrogens is 206 g/mol. The van der Waals surface area contributed by atoms with Crippen molar-refractivity contribution in [2.45, 2.75) is 6.42 Å². The predicted molar refractivity (Wildman–Crippen MR) is 63.9 cm³/mol. The van der Waals surface area contributed by atoms with Crippen LogP contribution in [0, 0.1) is 0 Å². The molecule has 0 fully saturated rings. The Labute approximate surface area is 95.1 Å². The number of ether oxygens (including phenoxy) is 2. The summed E-state index contributed by atoms with van der Waals surface area (Å²) >= 11 is 0. The largest absolute Gasteiger partial charge is 0.497 e. The summed E-state index contributed by atoms with van der Waals surface area (Å²) in [5.74, 6) is 1.70. The molecular formula is C11H17N3O2. The van der Waals surface area contributed by atoms with E-state index in [9.17, 15) is 0 Å². The lowest BCUT2D eigenvalue weighted by Crippen LogP contribution is -2.23. The molecule has 5 heteroatoms. The lowest BCUT2D eigenvalue weighted by Gasteiger charge is -2.09. The highest BCUT2D eigenvalue weighted by molar-refractivity contribution is 5.75. The second kappa shape index (κ2) is 5.85. The van der Waals surface area contributed by atoms with E-state index in [0.717, 1.165) is 17.1 Å². The maximum absolute atomic E-state index is 5.26. The third-order valence-electron chi connectivity index (χ3n) is 2.16. The minimum absolute atomic E-state index is 0.0989. The molecule has 0 aliphatic rings. The fourth-order valence-corrected chi connectivity index (χ4v) is 1.38. The number of benzene rings is 1. The van der Waals surface area contributed by atoms with Crippen LogP contribution in [-0.4, -0.2) is 26.7 Å². The quantitative estimate of drug-likeness (QED) is 0.563. The fourth-order valence-electron chi connectivity index (χ4n) is 1.38. The van der Waals surface area contributed by atoms with Gasteiger partial charge in [-0.25, -0.2) is 0 Å². The minimum Gasteiger partial charge on any atom is -0.497 e. The topological polar surface area (TPSA) is 82.9 Å². The summed E-state index contributed by atoms with van der Waals surface area (Å²) in [4.78, 5) is 3.93. The van der Waals surface area contributed by atoms with Crippen LogP contribution in [0.2, 0.25) is 0 Å². The predicted octanol–water partition coefficient (Wildman–Crippen LogP) is 0.520. The Morgan fingerprint density at radius 3 is 2.56 bits per heavy atom. The zero-order valence-electron chi connectivity index (χ0n) is 9.56. The SMILES string of the molecule is COc1ccc(OC)c(CCN=C(N)N)c1. The second-order valence-corrected chi connectivity index (χ2v) is 3.23. The van der Waals surface area contributed by atoms with Crippen molar-refractivity contribution in [3.63, 3.8) is 0 Å². The van der Waals surface area contributed by atoms with Crippen LogP contribution in [0.3, 0.4) is 0 Å².